The molecule has 2 nitrogen and oxygen atoms in total. The van der Waals surface area contributed by atoms with Crippen LogP contribution in [0.1, 0.15) is 23.1 Å². The fourth-order valence-corrected chi connectivity index (χ4v) is 2.37. The summed E-state index contributed by atoms with van der Waals surface area (Å²) in [6.07, 6.45) is 7.15. The molecule has 17 heavy (non-hydrogen) atoms. The maximum Gasteiger partial charge on any atom is 0.0372 e. The average molecular weight is 224 g/mol. The molecule has 0 unspecified atom stereocenters. The molecule has 86 valence electrons. The highest BCUT2D eigenvalue weighted by Crippen LogP contribution is 2.23. The molecule has 0 spiro atoms. The Kier molecular flexibility index (Phi) is 2.78. The van der Waals surface area contributed by atoms with E-state index < -0.39 is 0 Å². The summed E-state index contributed by atoms with van der Waals surface area (Å²) in [5.41, 5.74) is 5.49. The second-order valence-electron chi connectivity index (χ2n) is 4.55. The van der Waals surface area contributed by atoms with Crippen LogP contribution in [0.5, 0.6) is 0 Å². The molecule has 2 aromatic rings. The lowest BCUT2D eigenvalue weighted by molar-refractivity contribution is 0.828. The molecule has 0 amide bonds. The van der Waals surface area contributed by atoms with Gasteiger partial charge in [-0.2, -0.15) is 0 Å². The van der Waals surface area contributed by atoms with Crippen molar-refractivity contribution in [1.82, 2.24) is 4.98 Å². The average Bonchev–Trinajstić information content (AvgIpc) is 2.40. The van der Waals surface area contributed by atoms with Crippen LogP contribution >= 0.6 is 0 Å². The predicted molar refractivity (Wildman–Crippen MR) is 70.3 cm³/mol. The number of aryl methyl sites for hydroxylation is 1. The Bertz CT molecular complexity index is 506. The molecular weight excluding hydrogens is 208 g/mol. The summed E-state index contributed by atoms with van der Waals surface area (Å²) in [7, 11) is 0. The Hall–Kier alpha value is -1.83. The zero-order valence-electron chi connectivity index (χ0n) is 9.82. The summed E-state index contributed by atoms with van der Waals surface area (Å²) in [6.45, 7) is 1.11. The molecule has 2 heterocycles. The van der Waals surface area contributed by atoms with Crippen LogP contribution in [-0.2, 0) is 12.8 Å². The van der Waals surface area contributed by atoms with Gasteiger partial charge in [-0.1, -0.05) is 12.1 Å². The summed E-state index contributed by atoms with van der Waals surface area (Å²) < 4.78 is 0. The van der Waals surface area contributed by atoms with Crippen molar-refractivity contribution in [2.45, 2.75) is 19.3 Å². The van der Waals surface area contributed by atoms with E-state index >= 15 is 0 Å². The lowest BCUT2D eigenvalue weighted by Crippen LogP contribution is -2.11. The van der Waals surface area contributed by atoms with E-state index in [0.717, 1.165) is 13.0 Å². The minimum atomic E-state index is 0.996. The van der Waals surface area contributed by atoms with Gasteiger partial charge in [0.15, 0.2) is 0 Å². The maximum absolute atomic E-state index is 4.05. The molecule has 0 saturated carbocycles. The summed E-state index contributed by atoms with van der Waals surface area (Å²) in [4.78, 5) is 4.05. The van der Waals surface area contributed by atoms with Crippen molar-refractivity contribution >= 4 is 5.69 Å². The Balaban J connectivity index is 1.84. The van der Waals surface area contributed by atoms with Crippen molar-refractivity contribution in [3.05, 3.63) is 59.4 Å². The molecule has 0 bridgehead atoms. The molecule has 0 fully saturated rings. The van der Waals surface area contributed by atoms with Crippen LogP contribution in [0.25, 0.3) is 0 Å². The molecule has 1 aliphatic heterocycles. The van der Waals surface area contributed by atoms with Crippen LogP contribution in [0, 0.1) is 0 Å². The Morgan fingerprint density at radius 2 is 1.94 bits per heavy atom. The number of aromatic nitrogens is 1. The third kappa shape index (κ3) is 2.31. The highest BCUT2D eigenvalue weighted by Gasteiger charge is 2.08. The van der Waals surface area contributed by atoms with Crippen molar-refractivity contribution in [2.24, 2.45) is 0 Å². The van der Waals surface area contributed by atoms with Crippen LogP contribution in [0.15, 0.2) is 42.7 Å². The van der Waals surface area contributed by atoms with E-state index in [9.17, 15) is 0 Å². The van der Waals surface area contributed by atoms with E-state index in [1.54, 1.807) is 0 Å². The minimum Gasteiger partial charge on any atom is -0.385 e. The maximum atomic E-state index is 4.05. The molecule has 1 aliphatic rings. The van der Waals surface area contributed by atoms with E-state index in [-0.39, 0.29) is 0 Å². The van der Waals surface area contributed by atoms with Crippen molar-refractivity contribution < 1.29 is 0 Å². The number of benzene rings is 1. The van der Waals surface area contributed by atoms with Gasteiger partial charge in [0.05, 0.1) is 0 Å². The van der Waals surface area contributed by atoms with Crippen LogP contribution in [0.2, 0.25) is 0 Å². The van der Waals surface area contributed by atoms with Gasteiger partial charge in [0.2, 0.25) is 0 Å². The Morgan fingerprint density at radius 1 is 1.06 bits per heavy atom. The normalized spacial score (nSPS) is 13.9. The summed E-state index contributed by atoms with van der Waals surface area (Å²) in [5, 5.41) is 3.44. The molecular formula is C15H16N2. The van der Waals surface area contributed by atoms with Gasteiger partial charge in [-0.05, 0) is 54.2 Å². The molecule has 0 radical (unpaired) electrons. The first-order valence-electron chi connectivity index (χ1n) is 6.16. The standard InChI is InChI=1S/C15H16N2/c1-2-14-11-13(3-4-15(14)17-7-1)10-12-5-8-16-9-6-12/h3-6,8-9,11,17H,1-2,7,10H2. The first kappa shape index (κ1) is 10.3. The van der Waals surface area contributed by atoms with Crippen molar-refractivity contribution in [3.63, 3.8) is 0 Å². The number of hydrogen-bond donors (Lipinski definition) is 1. The van der Waals surface area contributed by atoms with E-state index in [0.29, 0.717) is 0 Å². The molecule has 0 saturated heterocycles. The van der Waals surface area contributed by atoms with Crippen molar-refractivity contribution in [3.8, 4) is 0 Å². The fraction of sp³-hybridized carbons (Fsp3) is 0.267. The van der Waals surface area contributed by atoms with Crippen LogP contribution in [-0.4, -0.2) is 11.5 Å². The Labute approximate surface area is 102 Å². The number of fused-ring (bicyclic) bond motifs is 1. The second-order valence-corrected chi connectivity index (χ2v) is 4.55. The summed E-state index contributed by atoms with van der Waals surface area (Å²) >= 11 is 0. The first-order valence-corrected chi connectivity index (χ1v) is 6.16. The van der Waals surface area contributed by atoms with Gasteiger partial charge in [-0.15, -0.1) is 0 Å². The van der Waals surface area contributed by atoms with Gasteiger partial charge in [0.25, 0.3) is 0 Å². The summed E-state index contributed by atoms with van der Waals surface area (Å²) in [6, 6.07) is 10.9. The molecule has 0 atom stereocenters. The fourth-order valence-electron chi connectivity index (χ4n) is 2.37. The zero-order valence-corrected chi connectivity index (χ0v) is 9.82. The third-order valence-electron chi connectivity index (χ3n) is 3.27. The highest BCUT2D eigenvalue weighted by molar-refractivity contribution is 5.54. The zero-order chi connectivity index (χ0) is 11.5. The largest absolute Gasteiger partial charge is 0.385 e. The predicted octanol–water partition coefficient (Wildman–Crippen LogP) is 3.03. The van der Waals surface area contributed by atoms with Crippen molar-refractivity contribution in [1.29, 1.82) is 0 Å². The van der Waals surface area contributed by atoms with E-state index in [1.165, 1.54) is 35.2 Å². The third-order valence-corrected chi connectivity index (χ3v) is 3.27. The Morgan fingerprint density at radius 3 is 2.82 bits per heavy atom. The van der Waals surface area contributed by atoms with Gasteiger partial charge in [-0.3, -0.25) is 4.98 Å². The van der Waals surface area contributed by atoms with Gasteiger partial charge in [-0.25, -0.2) is 0 Å². The lowest BCUT2D eigenvalue weighted by Gasteiger charge is -2.18. The van der Waals surface area contributed by atoms with Crippen molar-refractivity contribution in [2.75, 3.05) is 11.9 Å². The number of anilines is 1. The number of nitrogens with zero attached hydrogens (tertiary/aromatic N) is 1. The molecule has 1 N–H and O–H groups in total. The summed E-state index contributed by atoms with van der Waals surface area (Å²) in [5.74, 6) is 0. The number of pyridine rings is 1. The molecule has 1 aromatic carbocycles. The van der Waals surface area contributed by atoms with E-state index in [1.807, 2.05) is 12.4 Å². The minimum absolute atomic E-state index is 0.996. The topological polar surface area (TPSA) is 24.9 Å². The number of rotatable bonds is 2. The molecule has 3 rings (SSSR count). The van der Waals surface area contributed by atoms with Crippen LogP contribution in [0.4, 0.5) is 5.69 Å². The molecule has 1 aromatic heterocycles. The molecule has 2 heteroatoms. The number of nitrogens with one attached hydrogen (secondary N) is 1. The van der Waals surface area contributed by atoms with E-state index in [4.69, 9.17) is 0 Å². The monoisotopic (exact) mass is 224 g/mol. The lowest BCUT2D eigenvalue weighted by atomic mass is 9.98. The highest BCUT2D eigenvalue weighted by atomic mass is 14.9. The van der Waals surface area contributed by atoms with Gasteiger partial charge >= 0.3 is 0 Å². The smallest absolute Gasteiger partial charge is 0.0372 e. The van der Waals surface area contributed by atoms with Gasteiger partial charge < -0.3 is 5.32 Å². The number of hydrogen-bond acceptors (Lipinski definition) is 2. The quantitative estimate of drug-likeness (QED) is 0.848. The van der Waals surface area contributed by atoms with Gasteiger partial charge in [0.1, 0.15) is 0 Å². The van der Waals surface area contributed by atoms with E-state index in [2.05, 4.69) is 40.6 Å². The first-order chi connectivity index (χ1) is 8.42. The SMILES string of the molecule is c1cc(Cc2ccc3c(c2)CCCN3)ccn1. The second kappa shape index (κ2) is 4.58. The van der Waals surface area contributed by atoms with Crippen LogP contribution < -0.4 is 5.32 Å². The van der Waals surface area contributed by atoms with Gasteiger partial charge in [0, 0.05) is 24.6 Å². The van der Waals surface area contributed by atoms with Crippen LogP contribution in [0.3, 0.4) is 0 Å². The molecule has 0 aliphatic carbocycles.